The quantitative estimate of drug-likeness (QED) is 0.424. The number of nitrogens with two attached hydrogens (primary N) is 2. The molecule has 1 aliphatic carbocycles. The Hall–Kier alpha value is -2.80. The number of urea groups is 1. The molecule has 6 N–H and O–H groups in total. The zero-order valence-electron chi connectivity index (χ0n) is 15.8. The summed E-state index contributed by atoms with van der Waals surface area (Å²) in [6, 6.07) is 6.47. The van der Waals surface area contributed by atoms with Gasteiger partial charge >= 0.3 is 6.03 Å². The first kappa shape index (κ1) is 20.5. The van der Waals surface area contributed by atoms with E-state index in [0.29, 0.717) is 30.1 Å². The molecular weight excluding hydrogens is 345 g/mol. The zero-order valence-corrected chi connectivity index (χ0v) is 15.8. The number of nitrogens with one attached hydrogen (secondary N) is 2. The second-order valence-electron chi connectivity index (χ2n) is 6.93. The van der Waals surface area contributed by atoms with Crippen molar-refractivity contribution in [1.29, 1.82) is 0 Å². The minimum Gasteiger partial charge on any atom is -0.401 e. The van der Waals surface area contributed by atoms with Crippen LogP contribution in [-0.2, 0) is 0 Å². The summed E-state index contributed by atoms with van der Waals surface area (Å²) in [4.78, 5) is 12.0. The van der Waals surface area contributed by atoms with Gasteiger partial charge in [0.1, 0.15) is 5.83 Å². The van der Waals surface area contributed by atoms with E-state index >= 15 is 0 Å². The molecule has 1 aliphatic rings. The Bertz CT molecular complexity index is 737. The van der Waals surface area contributed by atoms with Crippen LogP contribution in [-0.4, -0.2) is 6.03 Å². The molecule has 0 spiro atoms. The van der Waals surface area contributed by atoms with E-state index in [1.54, 1.807) is 36.5 Å². The number of halogens is 1. The number of rotatable bonds is 7. The lowest BCUT2D eigenvalue weighted by Crippen LogP contribution is -2.28. The third-order valence-electron chi connectivity index (χ3n) is 4.09. The molecule has 0 fully saturated rings. The van der Waals surface area contributed by atoms with Crippen molar-refractivity contribution < 1.29 is 9.18 Å². The third-order valence-corrected chi connectivity index (χ3v) is 4.09. The Labute approximate surface area is 159 Å². The molecule has 27 heavy (non-hydrogen) atoms. The van der Waals surface area contributed by atoms with Crippen molar-refractivity contribution >= 4 is 17.4 Å². The van der Waals surface area contributed by atoms with E-state index in [0.717, 1.165) is 18.5 Å². The number of benzene rings is 1. The highest BCUT2D eigenvalue weighted by Crippen LogP contribution is 2.19. The Morgan fingerprint density at radius 1 is 1.30 bits per heavy atom. The fourth-order valence-corrected chi connectivity index (χ4v) is 2.52. The van der Waals surface area contributed by atoms with E-state index in [4.69, 9.17) is 11.6 Å². The molecular formula is C20H28FN5O. The molecule has 1 aromatic rings. The highest BCUT2D eigenvalue weighted by atomic mass is 19.1. The number of anilines is 2. The molecule has 0 radical (unpaired) electrons. The van der Waals surface area contributed by atoms with Gasteiger partial charge in [-0.2, -0.15) is 0 Å². The van der Waals surface area contributed by atoms with Crippen LogP contribution >= 0.6 is 0 Å². The highest BCUT2D eigenvalue weighted by Gasteiger charge is 2.11. The van der Waals surface area contributed by atoms with Gasteiger partial charge < -0.3 is 16.4 Å². The van der Waals surface area contributed by atoms with Crippen LogP contribution < -0.4 is 27.2 Å². The normalized spacial score (nSPS) is 14.5. The zero-order chi connectivity index (χ0) is 19.8. The molecule has 0 atom stereocenters. The highest BCUT2D eigenvalue weighted by molar-refractivity contribution is 5.91. The van der Waals surface area contributed by atoms with Gasteiger partial charge in [0.25, 0.3) is 0 Å². The number of hydrazine groups is 1. The Balaban J connectivity index is 1.91. The summed E-state index contributed by atoms with van der Waals surface area (Å²) in [6.07, 6.45) is 7.83. The maximum atomic E-state index is 13.6. The van der Waals surface area contributed by atoms with E-state index in [1.807, 2.05) is 6.08 Å². The Morgan fingerprint density at radius 2 is 2.00 bits per heavy atom. The summed E-state index contributed by atoms with van der Waals surface area (Å²) in [5.41, 5.74) is 8.21. The Kier molecular flexibility index (Phi) is 7.43. The summed E-state index contributed by atoms with van der Waals surface area (Å²) in [6.45, 7) is 4.29. The SMILES string of the molecule is CC(C)CC/C(N)=C/N(N)c1ccc(NC(=O)NC2=C(F)CCC=C2)cc1. The number of nitrogens with zero attached hydrogens (tertiary/aromatic N) is 1. The van der Waals surface area contributed by atoms with Crippen LogP contribution in [0.15, 0.2) is 59.8 Å². The number of hydrogen-bond donors (Lipinski definition) is 4. The van der Waals surface area contributed by atoms with E-state index in [1.165, 1.54) is 5.01 Å². The number of carbonyl (C=O) groups is 1. The molecule has 0 bridgehead atoms. The first-order chi connectivity index (χ1) is 12.8. The van der Waals surface area contributed by atoms with Crippen molar-refractivity contribution in [2.45, 2.75) is 39.5 Å². The summed E-state index contributed by atoms with van der Waals surface area (Å²) >= 11 is 0. The van der Waals surface area contributed by atoms with Crippen molar-refractivity contribution in [3.63, 3.8) is 0 Å². The fourth-order valence-electron chi connectivity index (χ4n) is 2.52. The number of allylic oxidation sites excluding steroid dienone is 4. The predicted octanol–water partition coefficient (Wildman–Crippen LogP) is 4.26. The van der Waals surface area contributed by atoms with Gasteiger partial charge in [-0.15, -0.1) is 0 Å². The second kappa shape index (κ2) is 9.78. The molecule has 0 saturated heterocycles. The molecule has 0 saturated carbocycles. The van der Waals surface area contributed by atoms with E-state index in [-0.39, 0.29) is 11.5 Å². The van der Waals surface area contributed by atoms with Gasteiger partial charge in [0.05, 0.1) is 11.4 Å². The first-order valence-electron chi connectivity index (χ1n) is 9.08. The fraction of sp³-hybridized carbons (Fsp3) is 0.350. The second-order valence-corrected chi connectivity index (χ2v) is 6.93. The van der Waals surface area contributed by atoms with Crippen molar-refractivity contribution in [3.8, 4) is 0 Å². The first-order valence-corrected chi connectivity index (χ1v) is 9.08. The largest absolute Gasteiger partial charge is 0.401 e. The van der Waals surface area contributed by atoms with E-state index < -0.39 is 6.03 Å². The average molecular weight is 373 g/mol. The molecule has 0 aromatic heterocycles. The minimum absolute atomic E-state index is 0.200. The van der Waals surface area contributed by atoms with Gasteiger partial charge in [0, 0.05) is 24.0 Å². The van der Waals surface area contributed by atoms with Gasteiger partial charge in [-0.25, -0.2) is 15.0 Å². The van der Waals surface area contributed by atoms with E-state index in [9.17, 15) is 9.18 Å². The lowest BCUT2D eigenvalue weighted by Gasteiger charge is -2.16. The van der Waals surface area contributed by atoms with Crippen LogP contribution in [0.4, 0.5) is 20.6 Å². The molecule has 0 unspecified atom stereocenters. The molecule has 1 aromatic carbocycles. The van der Waals surface area contributed by atoms with Crippen LogP contribution in [0.5, 0.6) is 0 Å². The summed E-state index contributed by atoms with van der Waals surface area (Å²) in [5, 5.41) is 6.63. The van der Waals surface area contributed by atoms with Crippen LogP contribution in [0.2, 0.25) is 0 Å². The predicted molar refractivity (Wildman–Crippen MR) is 108 cm³/mol. The number of amides is 2. The van der Waals surface area contributed by atoms with Crippen LogP contribution in [0, 0.1) is 5.92 Å². The van der Waals surface area contributed by atoms with Crippen LogP contribution in [0.1, 0.15) is 39.5 Å². The smallest absolute Gasteiger partial charge is 0.323 e. The van der Waals surface area contributed by atoms with Gasteiger partial charge in [0.2, 0.25) is 0 Å². The number of hydrogen-bond acceptors (Lipinski definition) is 4. The lowest BCUT2D eigenvalue weighted by atomic mass is 10.1. The summed E-state index contributed by atoms with van der Waals surface area (Å²) < 4.78 is 13.6. The Morgan fingerprint density at radius 3 is 2.63 bits per heavy atom. The maximum absolute atomic E-state index is 13.6. The van der Waals surface area contributed by atoms with Gasteiger partial charge in [-0.05, 0) is 55.5 Å². The molecule has 6 nitrogen and oxygen atoms in total. The lowest BCUT2D eigenvalue weighted by molar-refractivity contribution is 0.254. The van der Waals surface area contributed by atoms with Gasteiger partial charge in [-0.1, -0.05) is 19.9 Å². The van der Waals surface area contributed by atoms with Gasteiger partial charge in [-0.3, -0.25) is 5.01 Å². The van der Waals surface area contributed by atoms with Crippen molar-refractivity contribution in [1.82, 2.24) is 5.32 Å². The topological polar surface area (TPSA) is 96.4 Å². The molecule has 7 heteroatoms. The van der Waals surface area contributed by atoms with E-state index in [2.05, 4.69) is 24.5 Å². The molecule has 0 heterocycles. The van der Waals surface area contributed by atoms with Crippen molar-refractivity contribution in [2.24, 2.45) is 17.5 Å². The molecule has 2 amide bonds. The summed E-state index contributed by atoms with van der Waals surface area (Å²) in [5.74, 6) is 6.28. The van der Waals surface area contributed by atoms with Gasteiger partial charge in [0.15, 0.2) is 0 Å². The third kappa shape index (κ3) is 6.79. The molecule has 146 valence electrons. The standard InChI is InChI=1S/C20H28FN5O/c1-14(2)7-8-15(22)13-26(23)17-11-9-16(10-12-17)24-20(27)25-19-6-4-3-5-18(19)21/h4,6,9-14H,3,5,7-8,22-23H2,1-2H3,(H2,24,25,27)/b15-13-. The monoisotopic (exact) mass is 373 g/mol. The van der Waals surface area contributed by atoms with Crippen molar-refractivity contribution in [2.75, 3.05) is 10.3 Å². The maximum Gasteiger partial charge on any atom is 0.323 e. The van der Waals surface area contributed by atoms with Crippen LogP contribution in [0.25, 0.3) is 0 Å². The molecule has 2 rings (SSSR count). The average Bonchev–Trinajstić information content (AvgIpc) is 2.62. The summed E-state index contributed by atoms with van der Waals surface area (Å²) in [7, 11) is 0. The minimum atomic E-state index is -0.498. The number of carbonyl (C=O) groups excluding carboxylic acids is 1. The van der Waals surface area contributed by atoms with Crippen molar-refractivity contribution in [3.05, 3.63) is 59.8 Å². The molecule has 0 aliphatic heterocycles. The van der Waals surface area contributed by atoms with Crippen LogP contribution in [0.3, 0.4) is 0 Å².